The number of hydrogen-bond acceptors (Lipinski definition) is 4. The molecule has 0 fully saturated rings. The van der Waals surface area contributed by atoms with E-state index in [4.69, 9.17) is 14.3 Å². The molecule has 0 bridgehead atoms. The van der Waals surface area contributed by atoms with Crippen LogP contribution in [-0.2, 0) is 9.53 Å². The van der Waals surface area contributed by atoms with Gasteiger partial charge in [-0.1, -0.05) is 13.3 Å². The Kier molecular flexibility index (Phi) is 3.91. The van der Waals surface area contributed by atoms with Crippen LogP contribution >= 0.6 is 0 Å². The molecule has 0 aliphatic heterocycles. The summed E-state index contributed by atoms with van der Waals surface area (Å²) in [6, 6.07) is 2.96. The quantitative estimate of drug-likeness (QED) is 0.751. The van der Waals surface area contributed by atoms with Crippen LogP contribution in [0.2, 0.25) is 0 Å². The van der Waals surface area contributed by atoms with Gasteiger partial charge in [0, 0.05) is 0 Å². The number of hydrogen-bond donors (Lipinski definition) is 1. The number of carboxylic acids is 1. The standard InChI is InChI=1S/C10H12O5/c1-2-4-7(9(11)12)15-10(13)8-5-3-6-14-8/h3,5-7H,2,4H2,1H3,(H,11,12)/t7-/m0/s1. The van der Waals surface area contributed by atoms with E-state index in [9.17, 15) is 9.59 Å². The fraction of sp³-hybridized carbons (Fsp3) is 0.400. The molecule has 0 spiro atoms. The number of aliphatic carboxylic acids is 1. The average Bonchev–Trinajstić information content (AvgIpc) is 2.69. The lowest BCUT2D eigenvalue weighted by Gasteiger charge is -2.11. The van der Waals surface area contributed by atoms with Crippen molar-refractivity contribution >= 4 is 11.9 Å². The van der Waals surface area contributed by atoms with Crippen molar-refractivity contribution in [1.29, 1.82) is 0 Å². The summed E-state index contributed by atoms with van der Waals surface area (Å²) >= 11 is 0. The van der Waals surface area contributed by atoms with Crippen LogP contribution in [0.4, 0.5) is 0 Å². The van der Waals surface area contributed by atoms with Crippen molar-refractivity contribution in [3.8, 4) is 0 Å². The molecule has 1 rings (SSSR count). The third kappa shape index (κ3) is 3.12. The monoisotopic (exact) mass is 212 g/mol. The van der Waals surface area contributed by atoms with Crippen LogP contribution in [0.15, 0.2) is 22.8 Å². The highest BCUT2D eigenvalue weighted by molar-refractivity contribution is 5.88. The Bertz CT molecular complexity index is 328. The molecule has 0 aliphatic rings. The third-order valence-corrected chi connectivity index (χ3v) is 1.80. The van der Waals surface area contributed by atoms with E-state index in [-0.39, 0.29) is 5.76 Å². The summed E-state index contributed by atoms with van der Waals surface area (Å²) in [5.41, 5.74) is 0. The van der Waals surface area contributed by atoms with Gasteiger partial charge in [-0.25, -0.2) is 9.59 Å². The van der Waals surface area contributed by atoms with Gasteiger partial charge in [0.05, 0.1) is 6.26 Å². The van der Waals surface area contributed by atoms with Crippen molar-refractivity contribution in [1.82, 2.24) is 0 Å². The first-order chi connectivity index (χ1) is 7.15. The number of carboxylic acid groups (broad SMARTS) is 1. The zero-order valence-corrected chi connectivity index (χ0v) is 8.30. The molecular weight excluding hydrogens is 200 g/mol. The van der Waals surface area contributed by atoms with Gasteiger partial charge in [0.25, 0.3) is 0 Å². The minimum Gasteiger partial charge on any atom is -0.479 e. The predicted molar refractivity (Wildman–Crippen MR) is 50.5 cm³/mol. The van der Waals surface area contributed by atoms with E-state index >= 15 is 0 Å². The summed E-state index contributed by atoms with van der Waals surface area (Å²) in [7, 11) is 0. The van der Waals surface area contributed by atoms with Gasteiger partial charge in [0.1, 0.15) is 0 Å². The van der Waals surface area contributed by atoms with Crippen molar-refractivity contribution in [2.45, 2.75) is 25.9 Å². The average molecular weight is 212 g/mol. The molecule has 0 saturated carbocycles. The van der Waals surface area contributed by atoms with Crippen LogP contribution in [0, 0.1) is 0 Å². The van der Waals surface area contributed by atoms with E-state index in [0.717, 1.165) is 0 Å². The number of furan rings is 1. The highest BCUT2D eigenvalue weighted by Crippen LogP contribution is 2.08. The molecule has 0 aromatic carbocycles. The second-order valence-corrected chi connectivity index (χ2v) is 3.00. The van der Waals surface area contributed by atoms with Gasteiger partial charge in [-0.2, -0.15) is 0 Å². The van der Waals surface area contributed by atoms with E-state index in [1.54, 1.807) is 0 Å². The fourth-order valence-corrected chi connectivity index (χ4v) is 1.08. The van der Waals surface area contributed by atoms with Gasteiger partial charge in [-0.05, 0) is 18.6 Å². The van der Waals surface area contributed by atoms with E-state index in [0.29, 0.717) is 12.8 Å². The Morgan fingerprint density at radius 2 is 2.33 bits per heavy atom. The van der Waals surface area contributed by atoms with Gasteiger partial charge in [0.2, 0.25) is 5.76 Å². The SMILES string of the molecule is CCC[C@H](OC(=O)c1ccco1)C(=O)O. The summed E-state index contributed by atoms with van der Waals surface area (Å²) in [6.07, 6.45) is 1.14. The smallest absolute Gasteiger partial charge is 0.375 e. The van der Waals surface area contributed by atoms with Crippen molar-refractivity contribution in [3.63, 3.8) is 0 Å². The molecule has 1 heterocycles. The Labute approximate surface area is 86.6 Å². The van der Waals surface area contributed by atoms with E-state index < -0.39 is 18.0 Å². The second-order valence-electron chi connectivity index (χ2n) is 3.00. The Morgan fingerprint density at radius 3 is 2.80 bits per heavy atom. The zero-order chi connectivity index (χ0) is 11.3. The van der Waals surface area contributed by atoms with Crippen LogP contribution in [-0.4, -0.2) is 23.1 Å². The molecule has 1 aromatic heterocycles. The van der Waals surface area contributed by atoms with Crippen molar-refractivity contribution in [2.24, 2.45) is 0 Å². The largest absolute Gasteiger partial charge is 0.479 e. The number of ether oxygens (including phenoxy) is 1. The highest BCUT2D eigenvalue weighted by Gasteiger charge is 2.23. The van der Waals surface area contributed by atoms with Gasteiger partial charge in [-0.15, -0.1) is 0 Å². The molecule has 15 heavy (non-hydrogen) atoms. The number of esters is 1. The first-order valence-corrected chi connectivity index (χ1v) is 4.62. The van der Waals surface area contributed by atoms with Crippen LogP contribution < -0.4 is 0 Å². The lowest BCUT2D eigenvalue weighted by Crippen LogP contribution is -2.26. The highest BCUT2D eigenvalue weighted by atomic mass is 16.6. The molecule has 0 amide bonds. The van der Waals surface area contributed by atoms with E-state index in [1.165, 1.54) is 18.4 Å². The summed E-state index contributed by atoms with van der Waals surface area (Å²) in [6.45, 7) is 1.82. The topological polar surface area (TPSA) is 76.7 Å². The van der Waals surface area contributed by atoms with Crippen LogP contribution in [0.1, 0.15) is 30.3 Å². The van der Waals surface area contributed by atoms with Gasteiger partial charge >= 0.3 is 11.9 Å². The van der Waals surface area contributed by atoms with Crippen LogP contribution in [0.5, 0.6) is 0 Å². The number of carbonyl (C=O) groups is 2. The predicted octanol–water partition coefficient (Wildman–Crippen LogP) is 1.69. The molecule has 0 aliphatic carbocycles. The van der Waals surface area contributed by atoms with Crippen molar-refractivity contribution < 1.29 is 23.8 Å². The second kappa shape index (κ2) is 5.19. The summed E-state index contributed by atoms with van der Waals surface area (Å²) < 4.78 is 9.55. The lowest BCUT2D eigenvalue weighted by molar-refractivity contribution is -0.147. The molecule has 1 N–H and O–H groups in total. The molecule has 5 heteroatoms. The first-order valence-electron chi connectivity index (χ1n) is 4.62. The molecule has 1 aromatic rings. The molecule has 82 valence electrons. The van der Waals surface area contributed by atoms with Gasteiger partial charge < -0.3 is 14.3 Å². The molecule has 0 unspecified atom stereocenters. The third-order valence-electron chi connectivity index (χ3n) is 1.80. The van der Waals surface area contributed by atoms with Gasteiger partial charge in [0.15, 0.2) is 6.10 Å². The zero-order valence-electron chi connectivity index (χ0n) is 8.30. The van der Waals surface area contributed by atoms with Crippen LogP contribution in [0.25, 0.3) is 0 Å². The van der Waals surface area contributed by atoms with E-state index in [1.807, 2.05) is 6.92 Å². The van der Waals surface area contributed by atoms with Crippen molar-refractivity contribution in [2.75, 3.05) is 0 Å². The number of carbonyl (C=O) groups excluding carboxylic acids is 1. The minimum absolute atomic E-state index is 0.0114. The fourth-order valence-electron chi connectivity index (χ4n) is 1.08. The maximum absolute atomic E-state index is 11.3. The molecule has 1 atom stereocenters. The molecular formula is C10H12O5. The summed E-state index contributed by atoms with van der Waals surface area (Å²) in [5.74, 6) is -1.88. The summed E-state index contributed by atoms with van der Waals surface area (Å²) in [4.78, 5) is 22.0. The van der Waals surface area contributed by atoms with Crippen LogP contribution in [0.3, 0.4) is 0 Å². The first kappa shape index (κ1) is 11.3. The Balaban J connectivity index is 2.59. The Morgan fingerprint density at radius 1 is 1.60 bits per heavy atom. The van der Waals surface area contributed by atoms with E-state index in [2.05, 4.69) is 0 Å². The minimum atomic E-state index is -1.14. The maximum atomic E-state index is 11.3. The molecule has 0 saturated heterocycles. The molecule has 5 nitrogen and oxygen atoms in total. The lowest BCUT2D eigenvalue weighted by atomic mass is 10.2. The Hall–Kier alpha value is -1.78. The summed E-state index contributed by atoms with van der Waals surface area (Å²) in [5, 5.41) is 8.74. The van der Waals surface area contributed by atoms with Crippen molar-refractivity contribution in [3.05, 3.63) is 24.2 Å². The molecule has 0 radical (unpaired) electrons. The normalized spacial score (nSPS) is 12.1. The maximum Gasteiger partial charge on any atom is 0.375 e. The number of rotatable bonds is 5. The van der Waals surface area contributed by atoms with Gasteiger partial charge in [-0.3, -0.25) is 0 Å².